The van der Waals surface area contributed by atoms with Gasteiger partial charge in [-0.3, -0.25) is 0 Å². The van der Waals surface area contributed by atoms with Crippen LogP contribution in [0, 0.1) is 0 Å². The molecule has 11 rings (SSSR count). The second-order valence-electron chi connectivity index (χ2n) is 15.6. The topological polar surface area (TPSA) is 6.48 Å². The van der Waals surface area contributed by atoms with Crippen molar-refractivity contribution in [2.24, 2.45) is 0 Å². The summed E-state index contributed by atoms with van der Waals surface area (Å²) in [5, 5.41) is 5.51. The van der Waals surface area contributed by atoms with E-state index in [0.717, 1.165) is 48.4 Å². The summed E-state index contributed by atoms with van der Waals surface area (Å²) in [5.74, 6) is 0. The first-order valence-electron chi connectivity index (χ1n) is 20.5. The van der Waals surface area contributed by atoms with E-state index in [9.17, 15) is 0 Å². The number of para-hydroxylation sites is 2. The monoisotopic (exact) mass is 742 g/mol. The van der Waals surface area contributed by atoms with Gasteiger partial charge in [-0.25, -0.2) is 0 Å². The van der Waals surface area contributed by atoms with Gasteiger partial charge < -0.3 is 9.80 Å². The van der Waals surface area contributed by atoms with Crippen LogP contribution in [0.15, 0.2) is 194 Å². The highest BCUT2D eigenvalue weighted by molar-refractivity contribution is 6.04. The van der Waals surface area contributed by atoms with E-state index in [1.54, 1.807) is 0 Å². The molecule has 2 aliphatic rings. The summed E-state index contributed by atoms with van der Waals surface area (Å²) in [7, 11) is 0. The molecule has 0 radical (unpaired) electrons. The normalized spacial score (nSPS) is 12.8. The van der Waals surface area contributed by atoms with Crippen LogP contribution < -0.4 is 9.80 Å². The Morgan fingerprint density at radius 1 is 0.293 bits per heavy atom. The lowest BCUT2D eigenvalue weighted by Gasteiger charge is -2.27. The molecule has 0 aliphatic heterocycles. The second-order valence-corrected chi connectivity index (χ2v) is 15.6. The van der Waals surface area contributed by atoms with Crippen molar-refractivity contribution in [1.29, 1.82) is 0 Å². The van der Waals surface area contributed by atoms with Crippen LogP contribution in [0.25, 0.3) is 44.8 Å². The first-order valence-corrected chi connectivity index (χ1v) is 20.5. The standard InChI is InChI=1S/C56H42N2/c1-3-11-47(12-4-1)57(53-37-31-45-27-25-43-9-7-15-51(53)55(43)45)49-33-21-40(22-34-49)18-17-39-19-23-41(24-20-39)42-29-35-50(36-30-42)58(48-13-5-2-6-14-48)54-38-32-46-28-26-44-10-8-16-52(54)56(44)46/h1-24,29-38H,25-28H2. The molecular weight excluding hydrogens is 701 g/mol. The summed E-state index contributed by atoms with van der Waals surface area (Å²) in [4.78, 5) is 4.80. The Morgan fingerprint density at radius 2 is 0.655 bits per heavy atom. The van der Waals surface area contributed by atoms with Gasteiger partial charge in [-0.1, -0.05) is 146 Å². The minimum atomic E-state index is 1.13. The Morgan fingerprint density at radius 3 is 1.10 bits per heavy atom. The Labute approximate surface area is 340 Å². The molecule has 2 heteroatoms. The van der Waals surface area contributed by atoms with Crippen LogP contribution in [0.2, 0.25) is 0 Å². The van der Waals surface area contributed by atoms with E-state index < -0.39 is 0 Å². The molecule has 0 unspecified atom stereocenters. The summed E-state index contributed by atoms with van der Waals surface area (Å²) in [5.41, 5.74) is 17.6. The van der Waals surface area contributed by atoms with Crippen molar-refractivity contribution in [2.75, 3.05) is 9.80 Å². The maximum absolute atomic E-state index is 2.40. The summed E-state index contributed by atoms with van der Waals surface area (Å²) in [6.45, 7) is 0. The molecular formula is C56H42N2. The number of hydrogen-bond acceptors (Lipinski definition) is 2. The molecule has 0 heterocycles. The fraction of sp³-hybridized carbons (Fsp3) is 0.0714. The fourth-order valence-corrected chi connectivity index (χ4v) is 9.38. The van der Waals surface area contributed by atoms with Crippen LogP contribution in [-0.2, 0) is 25.7 Å². The molecule has 0 N–H and O–H groups in total. The molecule has 2 aliphatic carbocycles. The average Bonchev–Trinajstić information content (AvgIpc) is 3.92. The first kappa shape index (κ1) is 34.1. The Kier molecular flexibility index (Phi) is 8.47. The minimum absolute atomic E-state index is 1.13. The summed E-state index contributed by atoms with van der Waals surface area (Å²) >= 11 is 0. The number of aryl methyl sites for hydroxylation is 4. The van der Waals surface area contributed by atoms with Crippen molar-refractivity contribution in [3.8, 4) is 11.1 Å². The molecule has 0 bridgehead atoms. The molecule has 9 aromatic carbocycles. The number of hydrogen-bond donors (Lipinski definition) is 0. The molecule has 0 atom stereocenters. The molecule has 276 valence electrons. The van der Waals surface area contributed by atoms with Gasteiger partial charge in [0.25, 0.3) is 0 Å². The molecule has 0 spiro atoms. The predicted molar refractivity (Wildman–Crippen MR) is 246 cm³/mol. The first-order chi connectivity index (χ1) is 28.7. The smallest absolute Gasteiger partial charge is 0.0540 e. The van der Waals surface area contributed by atoms with Crippen molar-refractivity contribution in [3.05, 3.63) is 228 Å². The van der Waals surface area contributed by atoms with E-state index in [0.29, 0.717) is 0 Å². The van der Waals surface area contributed by atoms with Gasteiger partial charge in [-0.2, -0.15) is 0 Å². The van der Waals surface area contributed by atoms with Gasteiger partial charge in [0.05, 0.1) is 11.4 Å². The second kappa shape index (κ2) is 14.4. The Bertz CT molecular complexity index is 2940. The van der Waals surface area contributed by atoms with Crippen molar-refractivity contribution >= 4 is 67.8 Å². The van der Waals surface area contributed by atoms with Gasteiger partial charge in [-0.15, -0.1) is 0 Å². The lowest BCUT2D eigenvalue weighted by Crippen LogP contribution is -2.10. The summed E-state index contributed by atoms with van der Waals surface area (Å²) in [6, 6.07) is 71.1. The van der Waals surface area contributed by atoms with Crippen LogP contribution >= 0.6 is 0 Å². The molecule has 0 saturated carbocycles. The highest BCUT2D eigenvalue weighted by Crippen LogP contribution is 2.44. The zero-order chi connectivity index (χ0) is 38.4. The van der Waals surface area contributed by atoms with Crippen LogP contribution in [0.3, 0.4) is 0 Å². The van der Waals surface area contributed by atoms with Crippen molar-refractivity contribution in [1.82, 2.24) is 0 Å². The van der Waals surface area contributed by atoms with Crippen molar-refractivity contribution in [3.63, 3.8) is 0 Å². The molecule has 0 saturated heterocycles. The van der Waals surface area contributed by atoms with E-state index in [2.05, 4.69) is 216 Å². The van der Waals surface area contributed by atoms with E-state index in [-0.39, 0.29) is 0 Å². The highest BCUT2D eigenvalue weighted by atomic mass is 15.1. The van der Waals surface area contributed by atoms with E-state index in [4.69, 9.17) is 0 Å². The highest BCUT2D eigenvalue weighted by Gasteiger charge is 2.22. The molecule has 0 fully saturated rings. The maximum atomic E-state index is 2.40. The largest absolute Gasteiger partial charge is 0.310 e. The number of anilines is 6. The predicted octanol–water partition coefficient (Wildman–Crippen LogP) is 15.0. The lowest BCUT2D eigenvalue weighted by atomic mass is 10.0. The third-order valence-electron chi connectivity index (χ3n) is 12.2. The zero-order valence-electron chi connectivity index (χ0n) is 32.4. The van der Waals surface area contributed by atoms with Gasteiger partial charge >= 0.3 is 0 Å². The average molecular weight is 743 g/mol. The third kappa shape index (κ3) is 6.06. The fourth-order valence-electron chi connectivity index (χ4n) is 9.38. The van der Waals surface area contributed by atoms with Gasteiger partial charge in [0.1, 0.15) is 0 Å². The van der Waals surface area contributed by atoms with E-state index in [1.165, 1.54) is 77.4 Å². The lowest BCUT2D eigenvalue weighted by molar-refractivity contribution is 1.02. The van der Waals surface area contributed by atoms with Gasteiger partial charge in [0.15, 0.2) is 0 Å². The van der Waals surface area contributed by atoms with Gasteiger partial charge in [0, 0.05) is 33.5 Å². The van der Waals surface area contributed by atoms with E-state index >= 15 is 0 Å². The van der Waals surface area contributed by atoms with Gasteiger partial charge in [0.2, 0.25) is 0 Å². The number of rotatable bonds is 9. The third-order valence-corrected chi connectivity index (χ3v) is 12.2. The number of nitrogens with zero attached hydrogens (tertiary/aromatic N) is 2. The van der Waals surface area contributed by atoms with Crippen molar-refractivity contribution < 1.29 is 0 Å². The maximum Gasteiger partial charge on any atom is 0.0540 e. The molecule has 9 aromatic rings. The Balaban J connectivity index is 0.842. The zero-order valence-corrected chi connectivity index (χ0v) is 32.4. The number of benzene rings is 9. The summed E-state index contributed by atoms with van der Waals surface area (Å²) < 4.78 is 0. The van der Waals surface area contributed by atoms with Crippen LogP contribution in [0.5, 0.6) is 0 Å². The quantitative estimate of drug-likeness (QED) is 0.136. The van der Waals surface area contributed by atoms with Crippen LogP contribution in [0.1, 0.15) is 33.4 Å². The minimum Gasteiger partial charge on any atom is -0.310 e. The SMILES string of the molecule is C(=Cc1ccc(N(c2ccccc2)c2ccc3c4c(cccc24)CC3)cc1)c1ccc(-c2ccc(N(c3ccccc3)c3ccc4c5c(cccc35)CC4)cc2)cc1. The van der Waals surface area contributed by atoms with Gasteiger partial charge in [-0.05, 0) is 142 Å². The van der Waals surface area contributed by atoms with Crippen LogP contribution in [0.4, 0.5) is 34.1 Å². The van der Waals surface area contributed by atoms with Crippen LogP contribution in [-0.4, -0.2) is 0 Å². The van der Waals surface area contributed by atoms with E-state index in [1.807, 2.05) is 0 Å². The molecule has 0 amide bonds. The molecule has 2 nitrogen and oxygen atoms in total. The molecule has 58 heavy (non-hydrogen) atoms. The van der Waals surface area contributed by atoms with Crippen molar-refractivity contribution in [2.45, 2.75) is 25.7 Å². The molecule has 0 aromatic heterocycles. The Hall–Kier alpha value is -7.16. The summed E-state index contributed by atoms with van der Waals surface area (Å²) in [6.07, 6.45) is 8.91.